The van der Waals surface area contributed by atoms with Crippen molar-refractivity contribution in [1.82, 2.24) is 0 Å². The van der Waals surface area contributed by atoms with E-state index < -0.39 is 0 Å². The summed E-state index contributed by atoms with van der Waals surface area (Å²) in [4.78, 5) is 5.84. The van der Waals surface area contributed by atoms with Crippen LogP contribution in [-0.2, 0) is 5.41 Å². The van der Waals surface area contributed by atoms with Gasteiger partial charge in [0.1, 0.15) is 0 Å². The largest absolute Gasteiger partial charge is 0.310 e. The quantitative estimate of drug-likeness (QED) is 0.317. The highest BCUT2D eigenvalue weighted by molar-refractivity contribution is 5.86. The smallest absolute Gasteiger partial charge is 0.187 e. The van der Waals surface area contributed by atoms with Crippen LogP contribution in [0.5, 0.6) is 0 Å². The van der Waals surface area contributed by atoms with Gasteiger partial charge in [-0.3, -0.25) is 0 Å². The third-order valence-corrected chi connectivity index (χ3v) is 6.09. The van der Waals surface area contributed by atoms with Crippen LogP contribution < -0.4 is 4.90 Å². The maximum absolute atomic E-state index is 7.13. The minimum Gasteiger partial charge on any atom is -0.310 e. The number of para-hydroxylation sites is 2. The lowest BCUT2D eigenvalue weighted by atomic mass is 9.73. The van der Waals surface area contributed by atoms with Crippen LogP contribution in [0.2, 0.25) is 0 Å². The van der Waals surface area contributed by atoms with E-state index in [2.05, 4.69) is 96.4 Å². The maximum atomic E-state index is 7.13. The van der Waals surface area contributed by atoms with E-state index in [1.54, 1.807) is 0 Å². The second-order valence-electron chi connectivity index (χ2n) is 8.20. The van der Waals surface area contributed by atoms with Crippen molar-refractivity contribution in [2.75, 3.05) is 4.90 Å². The van der Waals surface area contributed by atoms with E-state index in [-0.39, 0.29) is 5.41 Å². The number of fused-ring (bicyclic) bond motifs is 2. The number of hydrogen-bond acceptors (Lipinski definition) is 1. The Kier molecular flexibility index (Phi) is 4.19. The Morgan fingerprint density at radius 2 is 1.10 bits per heavy atom. The number of rotatable bonds is 2. The molecule has 1 heterocycles. The van der Waals surface area contributed by atoms with E-state index >= 15 is 0 Å². The molecular formula is C28H22N2. The van der Waals surface area contributed by atoms with Crippen LogP contribution in [0, 0.1) is 6.57 Å². The summed E-state index contributed by atoms with van der Waals surface area (Å²) < 4.78 is 0. The summed E-state index contributed by atoms with van der Waals surface area (Å²) in [6, 6.07) is 33.8. The first-order valence-electron chi connectivity index (χ1n) is 10.2. The number of nitrogens with zero attached hydrogens (tertiary/aromatic N) is 2. The lowest BCUT2D eigenvalue weighted by molar-refractivity contribution is 0.632. The Labute approximate surface area is 177 Å². The molecule has 0 atom stereocenters. The van der Waals surface area contributed by atoms with E-state index in [9.17, 15) is 0 Å². The second-order valence-corrected chi connectivity index (χ2v) is 8.20. The van der Waals surface area contributed by atoms with E-state index in [1.165, 1.54) is 22.5 Å². The Morgan fingerprint density at radius 3 is 1.60 bits per heavy atom. The molecule has 0 bridgehead atoms. The number of benzene rings is 4. The van der Waals surface area contributed by atoms with Gasteiger partial charge in [0.05, 0.1) is 17.9 Å². The molecule has 0 radical (unpaired) electrons. The zero-order valence-electron chi connectivity index (χ0n) is 17.1. The Bertz CT molecular complexity index is 1210. The van der Waals surface area contributed by atoms with Crippen molar-refractivity contribution in [3.8, 4) is 11.1 Å². The molecule has 4 aromatic rings. The van der Waals surface area contributed by atoms with Gasteiger partial charge in [-0.2, -0.15) is 0 Å². The molecule has 0 spiro atoms. The Hall–Kier alpha value is -3.83. The molecule has 1 aliphatic heterocycles. The van der Waals surface area contributed by atoms with E-state index in [0.29, 0.717) is 5.69 Å². The molecule has 5 rings (SSSR count). The molecule has 0 amide bonds. The van der Waals surface area contributed by atoms with Crippen molar-refractivity contribution in [3.05, 3.63) is 120 Å². The Morgan fingerprint density at radius 1 is 0.633 bits per heavy atom. The zero-order chi connectivity index (χ0) is 20.7. The summed E-state index contributed by atoms with van der Waals surface area (Å²) in [5.74, 6) is 0. The Balaban J connectivity index is 1.61. The van der Waals surface area contributed by atoms with Gasteiger partial charge in [-0.1, -0.05) is 86.6 Å². The van der Waals surface area contributed by atoms with Crippen molar-refractivity contribution in [2.24, 2.45) is 0 Å². The third kappa shape index (κ3) is 2.79. The van der Waals surface area contributed by atoms with Gasteiger partial charge in [-0.15, -0.1) is 0 Å². The molecule has 30 heavy (non-hydrogen) atoms. The van der Waals surface area contributed by atoms with Crippen LogP contribution >= 0.6 is 0 Å². The first-order chi connectivity index (χ1) is 14.6. The molecule has 2 heteroatoms. The average Bonchev–Trinajstić information content (AvgIpc) is 2.80. The van der Waals surface area contributed by atoms with Crippen LogP contribution in [0.15, 0.2) is 97.1 Å². The molecular weight excluding hydrogens is 364 g/mol. The van der Waals surface area contributed by atoms with Crippen molar-refractivity contribution < 1.29 is 0 Å². The molecule has 0 N–H and O–H groups in total. The van der Waals surface area contributed by atoms with Crippen molar-refractivity contribution in [3.63, 3.8) is 0 Å². The lowest BCUT2D eigenvalue weighted by Gasteiger charge is -2.42. The molecule has 0 aliphatic carbocycles. The molecule has 0 saturated heterocycles. The van der Waals surface area contributed by atoms with Gasteiger partial charge in [0.25, 0.3) is 0 Å². The highest BCUT2D eigenvalue weighted by Gasteiger charge is 2.36. The fraction of sp³-hybridized carbons (Fsp3) is 0.107. The van der Waals surface area contributed by atoms with Crippen LogP contribution in [0.25, 0.3) is 16.0 Å². The minimum absolute atomic E-state index is 0.0473. The summed E-state index contributed by atoms with van der Waals surface area (Å²) in [6.07, 6.45) is 0. The van der Waals surface area contributed by atoms with Crippen LogP contribution in [-0.4, -0.2) is 0 Å². The molecule has 2 nitrogen and oxygen atoms in total. The van der Waals surface area contributed by atoms with Gasteiger partial charge >= 0.3 is 0 Å². The summed E-state index contributed by atoms with van der Waals surface area (Å²) in [5, 5.41) is 0. The van der Waals surface area contributed by atoms with E-state index in [4.69, 9.17) is 6.57 Å². The molecule has 4 aromatic carbocycles. The minimum atomic E-state index is -0.0473. The van der Waals surface area contributed by atoms with Crippen molar-refractivity contribution in [1.29, 1.82) is 0 Å². The van der Waals surface area contributed by atoms with Gasteiger partial charge in [-0.25, -0.2) is 4.85 Å². The predicted octanol–water partition coefficient (Wildman–Crippen LogP) is 8.01. The zero-order valence-corrected chi connectivity index (χ0v) is 17.1. The predicted molar refractivity (Wildman–Crippen MR) is 125 cm³/mol. The third-order valence-electron chi connectivity index (χ3n) is 6.09. The fourth-order valence-corrected chi connectivity index (χ4v) is 4.48. The molecule has 0 unspecified atom stereocenters. The van der Waals surface area contributed by atoms with Crippen LogP contribution in [0.3, 0.4) is 0 Å². The lowest BCUT2D eigenvalue weighted by Crippen LogP contribution is -2.30. The molecule has 0 aromatic heterocycles. The first-order valence-corrected chi connectivity index (χ1v) is 10.2. The SMILES string of the molecule is [C-]#[N+]c1ccc(-c2ccc(N3c4ccccc4C(C)(C)c4ccccc43)cc2)cc1. The van der Waals surface area contributed by atoms with Gasteiger partial charge < -0.3 is 4.90 Å². The first kappa shape index (κ1) is 18.2. The average molecular weight is 386 g/mol. The van der Waals surface area contributed by atoms with Gasteiger partial charge in [0.2, 0.25) is 0 Å². The maximum Gasteiger partial charge on any atom is 0.187 e. The summed E-state index contributed by atoms with van der Waals surface area (Å²) in [5.41, 5.74) is 9.17. The standard InChI is InChI=1S/C28H22N2/c1-28(2)24-8-4-6-10-26(24)30(27-11-7-5-9-25(27)28)23-18-14-21(15-19-23)20-12-16-22(29-3)17-13-20/h4-19H,1-2H3. The number of hydrogen-bond donors (Lipinski definition) is 0. The molecule has 0 saturated carbocycles. The highest BCUT2D eigenvalue weighted by Crippen LogP contribution is 2.51. The summed E-state index contributed by atoms with van der Waals surface area (Å²) in [6.45, 7) is 11.7. The summed E-state index contributed by atoms with van der Waals surface area (Å²) in [7, 11) is 0. The topological polar surface area (TPSA) is 7.60 Å². The monoisotopic (exact) mass is 386 g/mol. The molecule has 0 fully saturated rings. The highest BCUT2D eigenvalue weighted by atomic mass is 15.2. The van der Waals surface area contributed by atoms with Crippen LogP contribution in [0.4, 0.5) is 22.7 Å². The van der Waals surface area contributed by atoms with Gasteiger partial charge in [0, 0.05) is 11.1 Å². The number of anilines is 3. The van der Waals surface area contributed by atoms with E-state index in [1.807, 2.05) is 24.3 Å². The van der Waals surface area contributed by atoms with Crippen LogP contribution in [0.1, 0.15) is 25.0 Å². The molecule has 1 aliphatic rings. The summed E-state index contributed by atoms with van der Waals surface area (Å²) >= 11 is 0. The van der Waals surface area contributed by atoms with E-state index in [0.717, 1.165) is 16.8 Å². The van der Waals surface area contributed by atoms with Gasteiger partial charge in [0.15, 0.2) is 5.69 Å². The second kappa shape index (κ2) is 6.90. The fourth-order valence-electron chi connectivity index (χ4n) is 4.48. The molecule has 144 valence electrons. The normalized spacial score (nSPS) is 13.8. The van der Waals surface area contributed by atoms with Gasteiger partial charge in [-0.05, 0) is 46.5 Å². The van der Waals surface area contributed by atoms with Crippen molar-refractivity contribution in [2.45, 2.75) is 19.3 Å². The van der Waals surface area contributed by atoms with Crippen molar-refractivity contribution >= 4 is 22.7 Å².